The quantitative estimate of drug-likeness (QED) is 0.841. The van der Waals surface area contributed by atoms with E-state index in [2.05, 4.69) is 19.2 Å². The summed E-state index contributed by atoms with van der Waals surface area (Å²) in [4.78, 5) is 25.4. The van der Waals surface area contributed by atoms with E-state index in [0.29, 0.717) is 31.3 Å². The first-order valence-electron chi connectivity index (χ1n) is 8.07. The molecule has 5 heteroatoms. The monoisotopic (exact) mass is 296 g/mol. The van der Waals surface area contributed by atoms with Gasteiger partial charge in [-0.05, 0) is 43.9 Å². The Balaban J connectivity index is 1.87. The molecule has 1 saturated carbocycles. The van der Waals surface area contributed by atoms with Crippen LogP contribution >= 0.6 is 0 Å². The fourth-order valence-corrected chi connectivity index (χ4v) is 3.47. The van der Waals surface area contributed by atoms with Crippen molar-refractivity contribution in [3.8, 4) is 0 Å². The fraction of sp³-hybridized carbons (Fsp3) is 0.875. The van der Waals surface area contributed by atoms with E-state index in [-0.39, 0.29) is 12.1 Å². The molecular weight excluding hydrogens is 268 g/mol. The van der Waals surface area contributed by atoms with Crippen LogP contribution in [-0.4, -0.2) is 41.1 Å². The van der Waals surface area contributed by atoms with Gasteiger partial charge in [0.25, 0.3) is 0 Å². The zero-order valence-corrected chi connectivity index (χ0v) is 13.4. The van der Waals surface area contributed by atoms with E-state index in [1.807, 2.05) is 6.92 Å². The number of hydrogen-bond donors (Lipinski definition) is 2. The number of nitrogens with zero attached hydrogens (tertiary/aromatic N) is 1. The predicted molar refractivity (Wildman–Crippen MR) is 81.1 cm³/mol. The number of rotatable bonds is 3. The van der Waals surface area contributed by atoms with Gasteiger partial charge >= 0.3 is 12.0 Å². The van der Waals surface area contributed by atoms with Gasteiger partial charge in [0.1, 0.15) is 0 Å². The summed E-state index contributed by atoms with van der Waals surface area (Å²) in [5.41, 5.74) is -0.360. The molecule has 0 aromatic carbocycles. The average Bonchev–Trinajstić information content (AvgIpc) is 2.87. The summed E-state index contributed by atoms with van der Waals surface area (Å²) >= 11 is 0. The summed E-state index contributed by atoms with van der Waals surface area (Å²) in [7, 11) is 0. The molecule has 1 unspecified atom stereocenters. The highest BCUT2D eigenvalue weighted by molar-refractivity contribution is 5.79. The Morgan fingerprint density at radius 1 is 1.24 bits per heavy atom. The number of urea groups is 1. The minimum atomic E-state index is -0.778. The lowest BCUT2D eigenvalue weighted by atomic mass is 9.75. The van der Waals surface area contributed by atoms with Crippen molar-refractivity contribution in [1.82, 2.24) is 10.2 Å². The molecule has 0 radical (unpaired) electrons. The van der Waals surface area contributed by atoms with E-state index in [1.165, 1.54) is 0 Å². The third-order valence-corrected chi connectivity index (χ3v) is 5.44. The van der Waals surface area contributed by atoms with Gasteiger partial charge in [0, 0.05) is 19.1 Å². The molecular formula is C16H28N2O3. The minimum Gasteiger partial charge on any atom is -0.481 e. The van der Waals surface area contributed by atoms with Crippen molar-refractivity contribution >= 4 is 12.0 Å². The van der Waals surface area contributed by atoms with Gasteiger partial charge in [0.15, 0.2) is 0 Å². The Bertz CT molecular complexity index is 412. The summed E-state index contributed by atoms with van der Waals surface area (Å²) in [5, 5.41) is 12.5. The van der Waals surface area contributed by atoms with Crippen LogP contribution in [0.2, 0.25) is 0 Å². The molecule has 1 heterocycles. The summed E-state index contributed by atoms with van der Waals surface area (Å²) in [6.07, 6.45) is 5.43. The summed E-state index contributed by atoms with van der Waals surface area (Å²) in [5.74, 6) is -0.778. The van der Waals surface area contributed by atoms with E-state index < -0.39 is 11.4 Å². The molecule has 5 nitrogen and oxygen atoms in total. The first-order chi connectivity index (χ1) is 9.78. The van der Waals surface area contributed by atoms with Crippen LogP contribution < -0.4 is 5.32 Å². The second-order valence-electron chi connectivity index (χ2n) is 7.50. The smallest absolute Gasteiger partial charge is 0.317 e. The zero-order valence-electron chi connectivity index (χ0n) is 13.4. The van der Waals surface area contributed by atoms with Crippen molar-refractivity contribution in [3.63, 3.8) is 0 Å². The van der Waals surface area contributed by atoms with Crippen molar-refractivity contribution in [2.75, 3.05) is 13.1 Å². The molecule has 2 fully saturated rings. The standard InChI is InChI=1S/C16H28N2O3/c1-4-16(13(19)20)9-10-18(11-16)14(21)17-12-5-7-15(2,3)8-6-12/h12H,4-11H2,1-3H3,(H,17,21)(H,19,20). The third kappa shape index (κ3) is 3.50. The highest BCUT2D eigenvalue weighted by atomic mass is 16.4. The Kier molecular flexibility index (Phi) is 4.49. The summed E-state index contributed by atoms with van der Waals surface area (Å²) < 4.78 is 0. The number of carbonyl (C=O) groups excluding carboxylic acids is 1. The fourth-order valence-electron chi connectivity index (χ4n) is 3.47. The van der Waals surface area contributed by atoms with Gasteiger partial charge in [-0.2, -0.15) is 0 Å². The maximum absolute atomic E-state index is 12.3. The molecule has 2 N–H and O–H groups in total. The average molecular weight is 296 g/mol. The van der Waals surface area contributed by atoms with E-state index in [0.717, 1.165) is 25.7 Å². The van der Waals surface area contributed by atoms with Crippen molar-refractivity contribution in [2.24, 2.45) is 10.8 Å². The van der Waals surface area contributed by atoms with E-state index in [4.69, 9.17) is 0 Å². The molecule has 1 saturated heterocycles. The molecule has 21 heavy (non-hydrogen) atoms. The number of aliphatic carboxylic acids is 1. The van der Waals surface area contributed by atoms with E-state index >= 15 is 0 Å². The van der Waals surface area contributed by atoms with Crippen molar-refractivity contribution in [1.29, 1.82) is 0 Å². The molecule has 2 rings (SSSR count). The van der Waals surface area contributed by atoms with Crippen LogP contribution in [0.5, 0.6) is 0 Å². The first-order valence-corrected chi connectivity index (χ1v) is 8.07. The first kappa shape index (κ1) is 16.1. The van der Waals surface area contributed by atoms with Crippen LogP contribution in [0.4, 0.5) is 4.79 Å². The van der Waals surface area contributed by atoms with E-state index in [1.54, 1.807) is 4.90 Å². The lowest BCUT2D eigenvalue weighted by Gasteiger charge is -2.35. The number of nitrogens with one attached hydrogen (secondary N) is 1. The highest BCUT2D eigenvalue weighted by Crippen LogP contribution is 2.36. The molecule has 1 aliphatic carbocycles. The summed E-state index contributed by atoms with van der Waals surface area (Å²) in [6.45, 7) is 7.31. The second kappa shape index (κ2) is 5.85. The highest BCUT2D eigenvalue weighted by Gasteiger charge is 2.45. The number of likely N-dealkylation sites (tertiary alicyclic amines) is 1. The second-order valence-corrected chi connectivity index (χ2v) is 7.50. The van der Waals surface area contributed by atoms with Crippen molar-refractivity contribution in [2.45, 2.75) is 65.3 Å². The SMILES string of the molecule is CCC1(C(=O)O)CCN(C(=O)NC2CCC(C)(C)CC2)C1. The molecule has 0 spiro atoms. The number of hydrogen-bond acceptors (Lipinski definition) is 2. The lowest BCUT2D eigenvalue weighted by molar-refractivity contribution is -0.148. The van der Waals surface area contributed by atoms with Gasteiger partial charge in [0.05, 0.1) is 5.41 Å². The zero-order chi connectivity index (χ0) is 15.7. The maximum Gasteiger partial charge on any atom is 0.317 e. The van der Waals surface area contributed by atoms with Crippen molar-refractivity contribution in [3.05, 3.63) is 0 Å². The lowest BCUT2D eigenvalue weighted by Crippen LogP contribution is -2.47. The van der Waals surface area contributed by atoms with Crippen LogP contribution in [0.3, 0.4) is 0 Å². The van der Waals surface area contributed by atoms with Gasteiger partial charge in [-0.25, -0.2) is 4.79 Å². The predicted octanol–water partition coefficient (Wildman–Crippen LogP) is 2.85. The molecule has 2 aliphatic rings. The van der Waals surface area contributed by atoms with Gasteiger partial charge < -0.3 is 15.3 Å². The maximum atomic E-state index is 12.3. The molecule has 0 aromatic heterocycles. The van der Waals surface area contributed by atoms with Gasteiger partial charge in [-0.1, -0.05) is 20.8 Å². The normalized spacial score (nSPS) is 29.4. The minimum absolute atomic E-state index is 0.0868. The Morgan fingerprint density at radius 2 is 1.86 bits per heavy atom. The number of carboxylic acid groups (broad SMARTS) is 1. The van der Waals surface area contributed by atoms with Crippen LogP contribution in [0.25, 0.3) is 0 Å². The van der Waals surface area contributed by atoms with Crippen LogP contribution in [0.15, 0.2) is 0 Å². The molecule has 0 bridgehead atoms. The van der Waals surface area contributed by atoms with E-state index in [9.17, 15) is 14.7 Å². The largest absolute Gasteiger partial charge is 0.481 e. The van der Waals surface area contributed by atoms with Gasteiger partial charge in [0.2, 0.25) is 0 Å². The third-order valence-electron chi connectivity index (χ3n) is 5.44. The molecule has 1 atom stereocenters. The Labute approximate surface area is 127 Å². The molecule has 0 aromatic rings. The summed E-state index contributed by atoms with van der Waals surface area (Å²) in [6, 6.07) is 0.156. The number of amides is 2. The van der Waals surface area contributed by atoms with Gasteiger partial charge in [-0.3, -0.25) is 4.79 Å². The molecule has 1 aliphatic heterocycles. The van der Waals surface area contributed by atoms with Crippen LogP contribution in [-0.2, 0) is 4.79 Å². The number of carboxylic acids is 1. The topological polar surface area (TPSA) is 69.6 Å². The number of carbonyl (C=O) groups is 2. The molecule has 120 valence electrons. The van der Waals surface area contributed by atoms with Gasteiger partial charge in [-0.15, -0.1) is 0 Å². The van der Waals surface area contributed by atoms with Crippen LogP contribution in [0.1, 0.15) is 59.3 Å². The van der Waals surface area contributed by atoms with Crippen molar-refractivity contribution < 1.29 is 14.7 Å². The van der Waals surface area contributed by atoms with Crippen LogP contribution in [0, 0.1) is 10.8 Å². The molecule has 2 amide bonds. The Morgan fingerprint density at radius 3 is 2.33 bits per heavy atom. The Hall–Kier alpha value is -1.26.